The first kappa shape index (κ1) is 14.0. The van der Waals surface area contributed by atoms with Crippen LogP contribution in [0.15, 0.2) is 4.99 Å². The molecule has 3 rings (SSSR count). The molecule has 4 unspecified atom stereocenters. The van der Waals surface area contributed by atoms with Crippen molar-refractivity contribution in [3.05, 3.63) is 0 Å². The van der Waals surface area contributed by atoms with E-state index in [2.05, 4.69) is 4.99 Å². The standard InChI is InChI=1S/C14H22Cl2N2O/c15-9-3-1-8(2-4-9)14(19)11-7-10(16)5-6-12(11)18-13(14)17/h8-12,19H,1-7H2,(H2,17,18). The average Bonchev–Trinajstić information content (AvgIpc) is 2.64. The van der Waals surface area contributed by atoms with Gasteiger partial charge in [0.05, 0.1) is 6.04 Å². The molecule has 2 saturated carbocycles. The van der Waals surface area contributed by atoms with Gasteiger partial charge in [-0.25, -0.2) is 0 Å². The lowest BCUT2D eigenvalue weighted by Gasteiger charge is -2.43. The maximum Gasteiger partial charge on any atom is 0.129 e. The van der Waals surface area contributed by atoms with E-state index in [1.165, 1.54) is 0 Å². The number of aliphatic hydroxyl groups is 1. The topological polar surface area (TPSA) is 58.6 Å². The molecule has 3 aliphatic rings. The summed E-state index contributed by atoms with van der Waals surface area (Å²) in [4.78, 5) is 4.55. The Kier molecular flexibility index (Phi) is 3.74. The van der Waals surface area contributed by atoms with Crippen molar-refractivity contribution >= 4 is 29.0 Å². The monoisotopic (exact) mass is 304 g/mol. The van der Waals surface area contributed by atoms with Gasteiger partial charge in [-0.1, -0.05) is 0 Å². The molecular weight excluding hydrogens is 283 g/mol. The van der Waals surface area contributed by atoms with Crippen molar-refractivity contribution in [2.45, 2.75) is 67.3 Å². The summed E-state index contributed by atoms with van der Waals surface area (Å²) in [5, 5.41) is 11.6. The van der Waals surface area contributed by atoms with Crippen LogP contribution in [-0.4, -0.2) is 33.3 Å². The lowest BCUT2D eigenvalue weighted by Crippen LogP contribution is -2.55. The highest BCUT2D eigenvalue weighted by molar-refractivity contribution is 6.21. The van der Waals surface area contributed by atoms with Crippen molar-refractivity contribution in [3.63, 3.8) is 0 Å². The van der Waals surface area contributed by atoms with Gasteiger partial charge in [-0.05, 0) is 50.9 Å². The van der Waals surface area contributed by atoms with E-state index < -0.39 is 5.60 Å². The quantitative estimate of drug-likeness (QED) is 0.732. The van der Waals surface area contributed by atoms with Crippen LogP contribution in [0, 0.1) is 11.8 Å². The molecule has 2 fully saturated rings. The average molecular weight is 305 g/mol. The molecule has 1 heterocycles. The van der Waals surface area contributed by atoms with Crippen LogP contribution < -0.4 is 5.73 Å². The van der Waals surface area contributed by atoms with Gasteiger partial charge in [0.2, 0.25) is 0 Å². The van der Waals surface area contributed by atoms with Crippen LogP contribution >= 0.6 is 23.2 Å². The number of fused-ring (bicyclic) bond motifs is 1. The van der Waals surface area contributed by atoms with Crippen molar-refractivity contribution in [1.82, 2.24) is 0 Å². The molecule has 3 nitrogen and oxygen atoms in total. The first-order valence-corrected chi connectivity index (χ1v) is 8.23. The number of rotatable bonds is 1. The fourth-order valence-corrected chi connectivity index (χ4v) is 4.78. The first-order chi connectivity index (χ1) is 9.01. The highest BCUT2D eigenvalue weighted by atomic mass is 35.5. The number of alkyl halides is 2. The van der Waals surface area contributed by atoms with Crippen LogP contribution in [0.4, 0.5) is 0 Å². The van der Waals surface area contributed by atoms with E-state index in [0.717, 1.165) is 44.9 Å². The van der Waals surface area contributed by atoms with E-state index in [4.69, 9.17) is 28.9 Å². The van der Waals surface area contributed by atoms with Crippen LogP contribution in [0.25, 0.3) is 0 Å². The fourth-order valence-electron chi connectivity index (χ4n) is 4.21. The zero-order chi connectivity index (χ0) is 13.6. The molecule has 0 spiro atoms. The zero-order valence-electron chi connectivity index (χ0n) is 11.1. The van der Waals surface area contributed by atoms with Crippen LogP contribution in [0.5, 0.6) is 0 Å². The SMILES string of the molecule is NC1=NC2CCC(Cl)CC2C1(O)C1CCC(Cl)CC1. The third kappa shape index (κ3) is 2.28. The van der Waals surface area contributed by atoms with Crippen molar-refractivity contribution in [1.29, 1.82) is 0 Å². The molecule has 108 valence electrons. The molecule has 0 radical (unpaired) electrons. The van der Waals surface area contributed by atoms with Gasteiger partial charge in [0.25, 0.3) is 0 Å². The molecule has 0 aromatic carbocycles. The van der Waals surface area contributed by atoms with E-state index >= 15 is 0 Å². The molecule has 2 aliphatic carbocycles. The molecule has 19 heavy (non-hydrogen) atoms. The second-order valence-corrected chi connectivity index (χ2v) is 7.61. The van der Waals surface area contributed by atoms with Crippen molar-refractivity contribution in [3.8, 4) is 0 Å². The van der Waals surface area contributed by atoms with E-state index in [0.29, 0.717) is 5.84 Å². The van der Waals surface area contributed by atoms with Crippen LogP contribution in [0.1, 0.15) is 44.9 Å². The summed E-state index contributed by atoms with van der Waals surface area (Å²) in [5.74, 6) is 0.759. The van der Waals surface area contributed by atoms with Gasteiger partial charge in [-0.3, -0.25) is 4.99 Å². The Hall–Kier alpha value is 0.01000. The number of amidine groups is 1. The van der Waals surface area contributed by atoms with Gasteiger partial charge >= 0.3 is 0 Å². The molecule has 0 bridgehead atoms. The van der Waals surface area contributed by atoms with Gasteiger partial charge < -0.3 is 10.8 Å². The number of halogens is 2. The Labute approximate surface area is 124 Å². The summed E-state index contributed by atoms with van der Waals surface area (Å²) in [7, 11) is 0. The number of hydrogen-bond donors (Lipinski definition) is 2. The van der Waals surface area contributed by atoms with E-state index in [-0.39, 0.29) is 28.6 Å². The highest BCUT2D eigenvalue weighted by Crippen LogP contribution is 2.48. The zero-order valence-corrected chi connectivity index (χ0v) is 12.6. The third-order valence-corrected chi connectivity index (χ3v) is 6.14. The third-order valence-electron chi connectivity index (χ3n) is 5.31. The maximum absolute atomic E-state index is 11.2. The second-order valence-electron chi connectivity index (χ2n) is 6.37. The molecule has 0 saturated heterocycles. The van der Waals surface area contributed by atoms with E-state index in [9.17, 15) is 5.11 Å². The highest BCUT2D eigenvalue weighted by Gasteiger charge is 2.55. The molecule has 0 amide bonds. The Morgan fingerprint density at radius 2 is 1.68 bits per heavy atom. The lowest BCUT2D eigenvalue weighted by atomic mass is 9.66. The molecule has 1 aliphatic heterocycles. The number of nitrogens with two attached hydrogens (primary N) is 1. The normalized spacial score (nSPS) is 50.7. The van der Waals surface area contributed by atoms with E-state index in [1.807, 2.05) is 0 Å². The summed E-state index contributed by atoms with van der Waals surface area (Å²) in [5.41, 5.74) is 5.17. The largest absolute Gasteiger partial charge is 0.385 e. The number of hydrogen-bond acceptors (Lipinski definition) is 3. The first-order valence-electron chi connectivity index (χ1n) is 7.36. The van der Waals surface area contributed by atoms with Gasteiger partial charge in [0.15, 0.2) is 0 Å². The summed E-state index contributed by atoms with van der Waals surface area (Å²) in [6.45, 7) is 0. The lowest BCUT2D eigenvalue weighted by molar-refractivity contribution is -0.0286. The van der Waals surface area contributed by atoms with Gasteiger partial charge in [0.1, 0.15) is 11.4 Å². The van der Waals surface area contributed by atoms with Gasteiger partial charge in [-0.2, -0.15) is 0 Å². The number of nitrogens with zero attached hydrogens (tertiary/aromatic N) is 1. The minimum absolute atomic E-state index is 0.112. The summed E-state index contributed by atoms with van der Waals surface area (Å²) >= 11 is 12.5. The Morgan fingerprint density at radius 3 is 2.37 bits per heavy atom. The summed E-state index contributed by atoms with van der Waals surface area (Å²) < 4.78 is 0. The molecular formula is C14H22Cl2N2O. The van der Waals surface area contributed by atoms with Crippen molar-refractivity contribution < 1.29 is 5.11 Å². The molecule has 0 aromatic rings. The summed E-state index contributed by atoms with van der Waals surface area (Å²) in [6, 6.07) is 0.175. The minimum atomic E-state index is -0.935. The smallest absolute Gasteiger partial charge is 0.129 e. The minimum Gasteiger partial charge on any atom is -0.385 e. The summed E-state index contributed by atoms with van der Waals surface area (Å²) in [6.07, 6.45) is 6.56. The Balaban J connectivity index is 1.82. The molecule has 5 heteroatoms. The molecule has 0 aromatic heterocycles. The van der Waals surface area contributed by atoms with Crippen LogP contribution in [0.3, 0.4) is 0 Å². The molecule has 4 atom stereocenters. The van der Waals surface area contributed by atoms with Crippen LogP contribution in [-0.2, 0) is 0 Å². The van der Waals surface area contributed by atoms with Crippen molar-refractivity contribution in [2.75, 3.05) is 0 Å². The fraction of sp³-hybridized carbons (Fsp3) is 0.929. The van der Waals surface area contributed by atoms with E-state index in [1.54, 1.807) is 0 Å². The second kappa shape index (κ2) is 5.09. The molecule has 3 N–H and O–H groups in total. The van der Waals surface area contributed by atoms with Crippen molar-refractivity contribution in [2.24, 2.45) is 22.6 Å². The van der Waals surface area contributed by atoms with Crippen LogP contribution in [0.2, 0.25) is 0 Å². The number of aliphatic imine (C=N–C) groups is 1. The maximum atomic E-state index is 11.2. The van der Waals surface area contributed by atoms with Gasteiger partial charge in [0, 0.05) is 16.7 Å². The predicted molar refractivity (Wildman–Crippen MR) is 78.9 cm³/mol. The Morgan fingerprint density at radius 1 is 1.05 bits per heavy atom. The predicted octanol–water partition coefficient (Wildman–Crippen LogP) is 2.66. The van der Waals surface area contributed by atoms with Gasteiger partial charge in [-0.15, -0.1) is 23.2 Å². The Bertz CT molecular complexity index is 382.